The van der Waals surface area contributed by atoms with Crippen molar-refractivity contribution in [2.75, 3.05) is 14.2 Å². The smallest absolute Gasteiger partial charge is 0.324 e. The van der Waals surface area contributed by atoms with Crippen LogP contribution < -0.4 is 10.1 Å². The van der Waals surface area contributed by atoms with Gasteiger partial charge in [0, 0.05) is 13.1 Å². The normalized spacial score (nSPS) is 31.0. The van der Waals surface area contributed by atoms with Gasteiger partial charge in [0.05, 0.1) is 12.5 Å². The maximum absolute atomic E-state index is 14.0. The molecule has 0 heterocycles. The van der Waals surface area contributed by atoms with Crippen LogP contribution in [0.25, 0.3) is 0 Å². The minimum atomic E-state index is -2.64. The first kappa shape index (κ1) is 21.4. The summed E-state index contributed by atoms with van der Waals surface area (Å²) in [6, 6.07) is 4.65. The lowest BCUT2D eigenvalue weighted by Crippen LogP contribution is -2.62. The van der Waals surface area contributed by atoms with Crippen molar-refractivity contribution >= 4 is 28.1 Å². The molecule has 5 aliphatic rings. The van der Waals surface area contributed by atoms with Crippen LogP contribution in [0.3, 0.4) is 0 Å². The molecule has 5 saturated carbocycles. The maximum Gasteiger partial charge on any atom is 0.324 e. The second kappa shape index (κ2) is 7.86. The number of hydrogen-bond acceptors (Lipinski definition) is 6. The molecule has 1 N–H and O–H groups in total. The van der Waals surface area contributed by atoms with Crippen molar-refractivity contribution in [3.05, 3.63) is 23.8 Å². The molecule has 0 unspecified atom stereocenters. The number of carbonyl (C=O) groups is 2. The average Bonchev–Trinajstić information content (AvgIpc) is 3.56. The monoisotopic (exact) mass is 459 g/mol. The third-order valence-electron chi connectivity index (χ3n) is 8.19. The van der Waals surface area contributed by atoms with Crippen LogP contribution in [-0.4, -0.2) is 45.5 Å². The number of methoxy groups -OCH3 is 1. The first-order chi connectivity index (χ1) is 15.4. The van der Waals surface area contributed by atoms with Gasteiger partial charge in [-0.3, -0.25) is 9.69 Å². The zero-order valence-corrected chi connectivity index (χ0v) is 19.2. The van der Waals surface area contributed by atoms with E-state index in [1.807, 2.05) is 0 Å². The highest BCUT2D eigenvalue weighted by molar-refractivity contribution is 7.61. The molecule has 0 aliphatic heterocycles. The number of nitrogens with zero attached hydrogens (tertiary/aromatic N) is 2. The van der Waals surface area contributed by atoms with Crippen molar-refractivity contribution < 1.29 is 22.7 Å². The Morgan fingerprint density at radius 3 is 2.22 bits per heavy atom. The van der Waals surface area contributed by atoms with Crippen molar-refractivity contribution in [3.63, 3.8) is 0 Å². The predicted octanol–water partition coefficient (Wildman–Crippen LogP) is 3.41. The van der Waals surface area contributed by atoms with Crippen LogP contribution in [0.1, 0.15) is 50.5 Å². The summed E-state index contributed by atoms with van der Waals surface area (Å²) in [6.45, 7) is 0. The number of nitrogens with one attached hydrogen (secondary N) is 1. The topological polar surface area (TPSA) is 105 Å². The van der Waals surface area contributed by atoms with Gasteiger partial charge in [0.2, 0.25) is 5.91 Å². The number of amides is 3. The lowest BCUT2D eigenvalue weighted by atomic mass is 9.53. The summed E-state index contributed by atoms with van der Waals surface area (Å²) in [5, 5.41) is 2.71. The minimum Gasteiger partial charge on any atom is -0.494 e. The van der Waals surface area contributed by atoms with Gasteiger partial charge in [0.1, 0.15) is 11.4 Å². The van der Waals surface area contributed by atoms with Gasteiger partial charge in [0.15, 0.2) is 0 Å². The molecule has 172 valence electrons. The molecule has 0 spiro atoms. The van der Waals surface area contributed by atoms with Gasteiger partial charge in [-0.15, -0.1) is 4.36 Å². The van der Waals surface area contributed by atoms with E-state index >= 15 is 0 Å². The van der Waals surface area contributed by atoms with E-state index in [1.54, 1.807) is 25.2 Å². The largest absolute Gasteiger partial charge is 0.494 e. The third kappa shape index (κ3) is 3.41. The molecule has 0 saturated heterocycles. The number of urea groups is 1. The van der Waals surface area contributed by atoms with E-state index in [-0.39, 0.29) is 23.7 Å². The Morgan fingerprint density at radius 1 is 1.09 bits per heavy atom. The van der Waals surface area contributed by atoms with Crippen LogP contribution in [0, 0.1) is 23.7 Å². The first-order valence-corrected chi connectivity index (χ1v) is 12.4. The third-order valence-corrected chi connectivity index (χ3v) is 8.54. The van der Waals surface area contributed by atoms with E-state index in [9.17, 15) is 18.0 Å². The summed E-state index contributed by atoms with van der Waals surface area (Å²) >= 11 is 0. The molecule has 3 amide bonds. The Kier molecular flexibility index (Phi) is 5.27. The van der Waals surface area contributed by atoms with Gasteiger partial charge in [-0.2, -0.15) is 8.42 Å². The molecule has 5 aliphatic carbocycles. The number of ether oxygens (including phenoxy) is 1. The Hall–Kier alpha value is -2.42. The fourth-order valence-electron chi connectivity index (χ4n) is 6.92. The van der Waals surface area contributed by atoms with E-state index in [1.165, 1.54) is 18.4 Å². The van der Waals surface area contributed by atoms with Gasteiger partial charge in [-0.25, -0.2) is 4.79 Å². The molecular weight excluding hydrogens is 430 g/mol. The van der Waals surface area contributed by atoms with Gasteiger partial charge >= 0.3 is 16.5 Å². The van der Waals surface area contributed by atoms with Crippen molar-refractivity contribution in [1.82, 2.24) is 10.2 Å². The predicted molar refractivity (Wildman–Crippen MR) is 117 cm³/mol. The van der Waals surface area contributed by atoms with Gasteiger partial charge in [-0.1, -0.05) is 6.07 Å². The van der Waals surface area contributed by atoms with Crippen molar-refractivity contribution in [2.24, 2.45) is 28.0 Å². The number of hydrogen-bond donors (Lipinski definition) is 1. The second-order valence-corrected chi connectivity index (χ2v) is 10.5. The number of carbonyl (C=O) groups excluding carboxylic acids is 2. The van der Waals surface area contributed by atoms with E-state index in [2.05, 4.69) is 9.68 Å². The Balaban J connectivity index is 1.51. The Labute approximate surface area is 189 Å². The molecule has 0 radical (unpaired) electrons. The molecule has 1 aromatic rings. The lowest BCUT2D eigenvalue weighted by molar-refractivity contribution is -0.140. The standard InChI is InChI=1S/C23H29N3O5S/c1-24-22(28)26(20-15-8-13-7-14(10-15)11-16(20)9-13)21(27)23(5-6-23)17-3-4-19(31-2)18(12-17)25-32(29)30/h3-4,12-16,20H,5-11H2,1-2H3,(H,24,28). The Bertz CT molecular complexity index is 1060. The highest BCUT2D eigenvalue weighted by Crippen LogP contribution is 2.57. The lowest BCUT2D eigenvalue weighted by Gasteiger charge is -2.56. The van der Waals surface area contributed by atoms with Crippen molar-refractivity contribution in [3.8, 4) is 5.75 Å². The van der Waals surface area contributed by atoms with Crippen LogP contribution in [0.5, 0.6) is 5.75 Å². The van der Waals surface area contributed by atoms with Crippen LogP contribution in [-0.2, 0) is 20.7 Å². The zero-order chi connectivity index (χ0) is 22.6. The zero-order valence-electron chi connectivity index (χ0n) is 18.4. The highest BCUT2D eigenvalue weighted by atomic mass is 32.2. The summed E-state index contributed by atoms with van der Waals surface area (Å²) in [6.07, 6.45) is 6.96. The molecule has 1 aromatic carbocycles. The van der Waals surface area contributed by atoms with Gasteiger partial charge in [0.25, 0.3) is 0 Å². The molecule has 9 heteroatoms. The summed E-state index contributed by atoms with van der Waals surface area (Å²) < 4.78 is 31.2. The molecule has 0 aromatic heterocycles. The van der Waals surface area contributed by atoms with Crippen molar-refractivity contribution in [1.29, 1.82) is 0 Å². The molecule has 4 bridgehead atoms. The molecule has 5 fully saturated rings. The van der Waals surface area contributed by atoms with Gasteiger partial charge in [-0.05, 0) is 86.3 Å². The minimum absolute atomic E-state index is 0.0516. The molecule has 32 heavy (non-hydrogen) atoms. The van der Waals surface area contributed by atoms with E-state index < -0.39 is 15.9 Å². The SMILES string of the molecule is CNC(=O)N(C(=O)C1(c2ccc(OC)c(N=S(=O)=O)c2)CC1)C1C2CC3CC(C2)CC1C3. The van der Waals surface area contributed by atoms with E-state index in [0.717, 1.165) is 37.5 Å². The second-order valence-electron chi connectivity index (χ2n) is 9.93. The van der Waals surface area contributed by atoms with Crippen LogP contribution in [0.4, 0.5) is 10.5 Å². The summed E-state index contributed by atoms with van der Waals surface area (Å²) in [5.74, 6) is 2.40. The quantitative estimate of drug-likeness (QED) is 0.726. The molecule has 8 nitrogen and oxygen atoms in total. The average molecular weight is 460 g/mol. The molecule has 0 atom stereocenters. The summed E-state index contributed by atoms with van der Waals surface area (Å²) in [4.78, 5) is 28.6. The van der Waals surface area contributed by atoms with Crippen molar-refractivity contribution in [2.45, 2.75) is 56.4 Å². The fraction of sp³-hybridized carbons (Fsp3) is 0.652. The molecule has 6 rings (SSSR count). The number of benzene rings is 1. The van der Waals surface area contributed by atoms with Gasteiger partial charge < -0.3 is 10.1 Å². The van der Waals surface area contributed by atoms with E-state index in [4.69, 9.17) is 4.74 Å². The molecular formula is C23H29N3O5S. The highest BCUT2D eigenvalue weighted by Gasteiger charge is 2.59. The van der Waals surface area contributed by atoms with Crippen LogP contribution in [0.15, 0.2) is 22.6 Å². The first-order valence-electron chi connectivity index (χ1n) is 11.4. The van der Waals surface area contributed by atoms with Crippen LogP contribution in [0.2, 0.25) is 0 Å². The summed E-state index contributed by atoms with van der Waals surface area (Å²) in [5.41, 5.74) is 0.0333. The summed E-state index contributed by atoms with van der Waals surface area (Å²) in [7, 11) is 0.377. The Morgan fingerprint density at radius 2 is 1.72 bits per heavy atom. The fourth-order valence-corrected chi connectivity index (χ4v) is 7.23. The maximum atomic E-state index is 14.0. The number of rotatable bonds is 5. The van der Waals surface area contributed by atoms with E-state index in [0.29, 0.717) is 36.0 Å². The van der Waals surface area contributed by atoms with Crippen LogP contribution >= 0.6 is 0 Å². The number of imide groups is 1.